The van der Waals surface area contributed by atoms with E-state index in [0.29, 0.717) is 0 Å². The molecule has 1 N–H and O–H groups in total. The summed E-state index contributed by atoms with van der Waals surface area (Å²) in [6, 6.07) is 13.2. The number of fused-ring (bicyclic) bond motifs is 2. The van der Waals surface area contributed by atoms with Crippen molar-refractivity contribution < 1.29 is 0 Å². The number of thiazole rings is 1. The number of nitrogens with zero attached hydrogens (tertiary/aromatic N) is 1. The predicted octanol–water partition coefficient (Wildman–Crippen LogP) is 3.92. The van der Waals surface area contributed by atoms with Crippen LogP contribution in [0.4, 0.5) is 0 Å². The summed E-state index contributed by atoms with van der Waals surface area (Å²) in [6.45, 7) is 4.20. The Morgan fingerprint density at radius 3 is 3.00 bits per heavy atom. The number of benzene rings is 2. The smallest absolute Gasteiger partial charge is 0.124 e. The van der Waals surface area contributed by atoms with Gasteiger partial charge in [-0.2, -0.15) is 0 Å². The third-order valence-electron chi connectivity index (χ3n) is 3.88. The Bertz CT molecular complexity index is 789. The molecule has 0 fully saturated rings. The van der Waals surface area contributed by atoms with E-state index in [-0.39, 0.29) is 0 Å². The van der Waals surface area contributed by atoms with Crippen LogP contribution in [0.2, 0.25) is 0 Å². The van der Waals surface area contributed by atoms with Crippen molar-refractivity contribution in [2.45, 2.75) is 19.9 Å². The van der Waals surface area contributed by atoms with Gasteiger partial charge in [0.2, 0.25) is 0 Å². The molecule has 2 aromatic carbocycles. The van der Waals surface area contributed by atoms with Gasteiger partial charge in [-0.3, -0.25) is 0 Å². The van der Waals surface area contributed by atoms with Crippen molar-refractivity contribution in [1.29, 1.82) is 0 Å². The third kappa shape index (κ3) is 2.03. The zero-order valence-electron chi connectivity index (χ0n) is 11.4. The molecule has 1 aromatic heterocycles. The summed E-state index contributed by atoms with van der Waals surface area (Å²) >= 11 is 1.78. The molecule has 3 heteroatoms. The van der Waals surface area contributed by atoms with Crippen LogP contribution in [0.5, 0.6) is 0 Å². The maximum atomic E-state index is 4.77. The van der Waals surface area contributed by atoms with Crippen LogP contribution in [-0.4, -0.2) is 11.5 Å². The number of hydrogen-bond acceptors (Lipinski definition) is 3. The number of aromatic nitrogens is 1. The molecule has 0 spiro atoms. The number of rotatable bonds is 1. The summed E-state index contributed by atoms with van der Waals surface area (Å²) in [6.07, 6.45) is 1.13. The monoisotopic (exact) mass is 280 g/mol. The average Bonchev–Trinajstić information content (AvgIpc) is 2.89. The molecular formula is C17H16N2S. The van der Waals surface area contributed by atoms with E-state index in [1.807, 2.05) is 0 Å². The Kier molecular flexibility index (Phi) is 2.83. The van der Waals surface area contributed by atoms with Gasteiger partial charge in [0, 0.05) is 12.1 Å². The first-order chi connectivity index (χ1) is 9.79. The van der Waals surface area contributed by atoms with E-state index in [1.165, 1.54) is 27.0 Å². The fourth-order valence-electron chi connectivity index (χ4n) is 2.77. The predicted molar refractivity (Wildman–Crippen MR) is 85.2 cm³/mol. The van der Waals surface area contributed by atoms with Crippen molar-refractivity contribution in [3.8, 4) is 10.6 Å². The minimum atomic E-state index is 0.979. The number of nitrogens with one attached hydrogen (secondary N) is 1. The van der Waals surface area contributed by atoms with Crippen molar-refractivity contribution in [3.05, 3.63) is 53.1 Å². The molecule has 0 saturated carbocycles. The second-order valence-corrected chi connectivity index (χ2v) is 6.43. The molecule has 2 heterocycles. The fourth-order valence-corrected chi connectivity index (χ4v) is 3.83. The molecule has 4 rings (SSSR count). The zero-order chi connectivity index (χ0) is 13.5. The highest BCUT2D eigenvalue weighted by molar-refractivity contribution is 7.21. The van der Waals surface area contributed by atoms with Crippen molar-refractivity contribution >= 4 is 21.6 Å². The highest BCUT2D eigenvalue weighted by Gasteiger charge is 2.12. The van der Waals surface area contributed by atoms with Gasteiger partial charge < -0.3 is 5.32 Å². The molecular weight excluding hydrogens is 264 g/mol. The Hall–Kier alpha value is -1.71. The average molecular weight is 280 g/mol. The first-order valence-electron chi connectivity index (χ1n) is 7.00. The van der Waals surface area contributed by atoms with Crippen LogP contribution in [0.15, 0.2) is 36.4 Å². The van der Waals surface area contributed by atoms with Gasteiger partial charge in [-0.05, 0) is 54.8 Å². The molecule has 2 nitrogen and oxygen atoms in total. The highest BCUT2D eigenvalue weighted by Crippen LogP contribution is 2.32. The van der Waals surface area contributed by atoms with Crippen molar-refractivity contribution in [2.24, 2.45) is 0 Å². The van der Waals surface area contributed by atoms with E-state index in [4.69, 9.17) is 4.98 Å². The minimum Gasteiger partial charge on any atom is -0.312 e. The van der Waals surface area contributed by atoms with Crippen LogP contribution >= 0.6 is 11.3 Å². The molecule has 3 aromatic rings. The van der Waals surface area contributed by atoms with Crippen LogP contribution in [0.3, 0.4) is 0 Å². The van der Waals surface area contributed by atoms with Gasteiger partial charge in [0.1, 0.15) is 5.01 Å². The van der Waals surface area contributed by atoms with Crippen LogP contribution < -0.4 is 5.32 Å². The van der Waals surface area contributed by atoms with E-state index < -0.39 is 0 Å². The summed E-state index contributed by atoms with van der Waals surface area (Å²) in [5.74, 6) is 0. The van der Waals surface area contributed by atoms with E-state index >= 15 is 0 Å². The van der Waals surface area contributed by atoms with Gasteiger partial charge >= 0.3 is 0 Å². The van der Waals surface area contributed by atoms with Crippen molar-refractivity contribution in [2.75, 3.05) is 6.54 Å². The van der Waals surface area contributed by atoms with Gasteiger partial charge in [-0.1, -0.05) is 18.2 Å². The maximum Gasteiger partial charge on any atom is 0.124 e. The standard InChI is InChI=1S/C17H16N2S/c1-11-2-5-15-16(8-11)20-17(19-15)13-4-3-12-6-7-18-10-14(12)9-13/h2-5,8-9,18H,6-7,10H2,1H3. The zero-order valence-corrected chi connectivity index (χ0v) is 12.3. The lowest BCUT2D eigenvalue weighted by atomic mass is 9.99. The molecule has 100 valence electrons. The molecule has 0 aliphatic carbocycles. The van der Waals surface area contributed by atoms with Crippen LogP contribution in [0.1, 0.15) is 16.7 Å². The Morgan fingerprint density at radius 1 is 1.10 bits per heavy atom. The molecule has 0 bridgehead atoms. The molecule has 0 radical (unpaired) electrons. The molecule has 0 atom stereocenters. The number of aryl methyl sites for hydroxylation is 1. The first kappa shape index (κ1) is 12.1. The van der Waals surface area contributed by atoms with Crippen molar-refractivity contribution in [3.63, 3.8) is 0 Å². The Morgan fingerprint density at radius 2 is 2.05 bits per heavy atom. The maximum absolute atomic E-state index is 4.77. The van der Waals surface area contributed by atoms with E-state index in [1.54, 1.807) is 11.3 Å². The molecule has 0 unspecified atom stereocenters. The molecule has 1 aliphatic rings. The molecule has 0 saturated heterocycles. The lowest BCUT2D eigenvalue weighted by Gasteiger charge is -2.17. The van der Waals surface area contributed by atoms with Crippen molar-refractivity contribution in [1.82, 2.24) is 10.3 Å². The van der Waals surface area contributed by atoms with Crippen LogP contribution in [-0.2, 0) is 13.0 Å². The SMILES string of the molecule is Cc1ccc2nc(-c3ccc4c(c3)CNCC4)sc2c1. The highest BCUT2D eigenvalue weighted by atomic mass is 32.1. The second kappa shape index (κ2) is 4.69. The largest absolute Gasteiger partial charge is 0.312 e. The number of hydrogen-bond donors (Lipinski definition) is 1. The summed E-state index contributed by atoms with van der Waals surface area (Å²) in [4.78, 5) is 4.77. The van der Waals surface area contributed by atoms with Gasteiger partial charge in [-0.25, -0.2) is 4.98 Å². The van der Waals surface area contributed by atoms with Crippen LogP contribution in [0, 0.1) is 6.92 Å². The summed E-state index contributed by atoms with van der Waals surface area (Å²) in [7, 11) is 0. The normalized spacial score (nSPS) is 14.4. The lowest BCUT2D eigenvalue weighted by Crippen LogP contribution is -2.23. The third-order valence-corrected chi connectivity index (χ3v) is 4.95. The van der Waals surface area contributed by atoms with Gasteiger partial charge in [0.25, 0.3) is 0 Å². The molecule has 1 aliphatic heterocycles. The van der Waals surface area contributed by atoms with Gasteiger partial charge in [-0.15, -0.1) is 11.3 Å². The van der Waals surface area contributed by atoms with E-state index in [9.17, 15) is 0 Å². The topological polar surface area (TPSA) is 24.9 Å². The minimum absolute atomic E-state index is 0.979. The molecule has 20 heavy (non-hydrogen) atoms. The van der Waals surface area contributed by atoms with Gasteiger partial charge in [0.05, 0.1) is 10.2 Å². The Balaban J connectivity index is 1.82. The fraction of sp³-hybridized carbons (Fsp3) is 0.235. The summed E-state index contributed by atoms with van der Waals surface area (Å²) in [5.41, 5.74) is 6.54. The Labute approximate surface area is 122 Å². The quantitative estimate of drug-likeness (QED) is 0.731. The van der Waals surface area contributed by atoms with Gasteiger partial charge in [0.15, 0.2) is 0 Å². The summed E-state index contributed by atoms with van der Waals surface area (Å²) < 4.78 is 1.27. The first-order valence-corrected chi connectivity index (χ1v) is 7.81. The molecule has 0 amide bonds. The van der Waals surface area contributed by atoms with E-state index in [0.717, 1.165) is 30.0 Å². The summed E-state index contributed by atoms with van der Waals surface area (Å²) in [5, 5.41) is 4.56. The van der Waals surface area contributed by atoms with E-state index in [2.05, 4.69) is 48.6 Å². The van der Waals surface area contributed by atoms with Crippen LogP contribution in [0.25, 0.3) is 20.8 Å². The second-order valence-electron chi connectivity index (χ2n) is 5.40. The lowest BCUT2D eigenvalue weighted by molar-refractivity contribution is 0.644.